The van der Waals surface area contributed by atoms with Gasteiger partial charge in [0, 0.05) is 45.1 Å². The van der Waals surface area contributed by atoms with Crippen LogP contribution in [0.4, 0.5) is 0 Å². The molecule has 0 atom stereocenters. The normalized spacial score (nSPS) is 11.6. The van der Waals surface area contributed by atoms with Gasteiger partial charge in [-0.3, -0.25) is 0 Å². The number of aryl methyl sites for hydroxylation is 2. The minimum atomic E-state index is 1.10. The van der Waals surface area contributed by atoms with E-state index in [-0.39, 0.29) is 0 Å². The molecular formula is C24H22BrN2+. The molecule has 0 aliphatic carbocycles. The Kier molecular flexibility index (Phi) is 4.71. The zero-order valence-electron chi connectivity index (χ0n) is 15.8. The van der Waals surface area contributed by atoms with Gasteiger partial charge in [-0.25, -0.2) is 0 Å². The lowest BCUT2D eigenvalue weighted by atomic mass is 10.1. The maximum Gasteiger partial charge on any atom is 0.212 e. The van der Waals surface area contributed by atoms with Gasteiger partial charge in [-0.2, -0.15) is 4.57 Å². The predicted molar refractivity (Wildman–Crippen MR) is 117 cm³/mol. The average Bonchev–Trinajstić information content (AvgIpc) is 2.95. The summed E-state index contributed by atoms with van der Waals surface area (Å²) in [5.41, 5.74) is 7.33. The summed E-state index contributed by atoms with van der Waals surface area (Å²) in [6, 6.07) is 23.5. The van der Waals surface area contributed by atoms with Gasteiger partial charge in [0.1, 0.15) is 7.05 Å². The van der Waals surface area contributed by atoms with E-state index in [0.717, 1.165) is 4.47 Å². The standard InChI is InChI=1S/C24H22BrN2/c1-17-15-19(18(2)27(17)23-7-5-4-6-8-23)9-12-22-13-10-20-16-21(25)11-14-24(20)26(22)3/h4-16H,1-3H3/q+1. The molecule has 134 valence electrons. The van der Waals surface area contributed by atoms with E-state index in [2.05, 4.69) is 125 Å². The quantitative estimate of drug-likeness (QED) is 0.361. The largest absolute Gasteiger partial charge is 0.318 e. The number of fused-ring (bicyclic) bond motifs is 1. The summed E-state index contributed by atoms with van der Waals surface area (Å²) < 4.78 is 5.64. The fraction of sp³-hybridized carbons (Fsp3) is 0.125. The van der Waals surface area contributed by atoms with E-state index >= 15 is 0 Å². The highest BCUT2D eigenvalue weighted by atomic mass is 79.9. The summed E-state index contributed by atoms with van der Waals surface area (Å²) in [6.45, 7) is 4.34. The first kappa shape index (κ1) is 17.7. The van der Waals surface area contributed by atoms with Gasteiger partial charge in [0.2, 0.25) is 11.2 Å². The summed E-state index contributed by atoms with van der Waals surface area (Å²) in [6.07, 6.45) is 4.40. The molecule has 0 amide bonds. The predicted octanol–water partition coefficient (Wildman–Crippen LogP) is 6.00. The van der Waals surface area contributed by atoms with E-state index in [1.54, 1.807) is 0 Å². The summed E-state index contributed by atoms with van der Waals surface area (Å²) in [5.74, 6) is 0. The van der Waals surface area contributed by atoms with Crippen LogP contribution in [-0.2, 0) is 7.05 Å². The van der Waals surface area contributed by atoms with Gasteiger partial charge in [-0.05, 0) is 61.9 Å². The lowest BCUT2D eigenvalue weighted by Gasteiger charge is -2.09. The molecule has 0 radical (unpaired) electrons. The second-order valence-electron chi connectivity index (χ2n) is 6.85. The van der Waals surface area contributed by atoms with Gasteiger partial charge in [0.15, 0.2) is 0 Å². The summed E-state index contributed by atoms with van der Waals surface area (Å²) in [4.78, 5) is 0. The lowest BCUT2D eigenvalue weighted by molar-refractivity contribution is -0.646. The first-order chi connectivity index (χ1) is 13.0. The molecule has 4 rings (SSSR count). The zero-order valence-corrected chi connectivity index (χ0v) is 17.4. The number of rotatable bonds is 3. The molecule has 2 aromatic carbocycles. The average molecular weight is 418 g/mol. The minimum absolute atomic E-state index is 1.10. The number of nitrogens with zero attached hydrogens (tertiary/aromatic N) is 2. The van der Waals surface area contributed by atoms with Crippen molar-refractivity contribution in [3.63, 3.8) is 0 Å². The van der Waals surface area contributed by atoms with Crippen LogP contribution in [0.5, 0.6) is 0 Å². The first-order valence-corrected chi connectivity index (χ1v) is 9.84. The number of hydrogen-bond acceptors (Lipinski definition) is 0. The summed E-state index contributed by atoms with van der Waals surface area (Å²) in [7, 11) is 2.11. The van der Waals surface area contributed by atoms with Crippen LogP contribution in [0.3, 0.4) is 0 Å². The van der Waals surface area contributed by atoms with Crippen molar-refractivity contribution < 1.29 is 4.57 Å². The third-order valence-corrected chi connectivity index (χ3v) is 5.58. The number of para-hydroxylation sites is 1. The van der Waals surface area contributed by atoms with Gasteiger partial charge in [0.25, 0.3) is 0 Å². The van der Waals surface area contributed by atoms with Crippen molar-refractivity contribution in [3.05, 3.63) is 93.8 Å². The smallest absolute Gasteiger partial charge is 0.212 e. The third kappa shape index (κ3) is 3.35. The topological polar surface area (TPSA) is 8.81 Å². The Labute approximate surface area is 168 Å². The molecule has 0 unspecified atom stereocenters. The highest BCUT2D eigenvalue weighted by Gasteiger charge is 2.11. The van der Waals surface area contributed by atoms with Crippen LogP contribution in [0, 0.1) is 13.8 Å². The number of hydrogen-bond donors (Lipinski definition) is 0. The van der Waals surface area contributed by atoms with Crippen LogP contribution >= 0.6 is 15.9 Å². The number of benzene rings is 2. The van der Waals surface area contributed by atoms with Crippen molar-refractivity contribution in [2.24, 2.45) is 7.05 Å². The van der Waals surface area contributed by atoms with Crippen molar-refractivity contribution in [2.75, 3.05) is 0 Å². The molecule has 0 spiro atoms. The Balaban J connectivity index is 1.73. The Morgan fingerprint density at radius 2 is 1.67 bits per heavy atom. The molecule has 0 bridgehead atoms. The van der Waals surface area contributed by atoms with E-state index in [1.165, 1.54) is 39.2 Å². The number of pyridine rings is 1. The number of halogens is 1. The molecule has 0 saturated heterocycles. The Hall–Kier alpha value is -2.65. The highest BCUT2D eigenvalue weighted by Crippen LogP contribution is 2.23. The van der Waals surface area contributed by atoms with Gasteiger partial charge in [0.05, 0.1) is 0 Å². The molecule has 4 aromatic rings. The van der Waals surface area contributed by atoms with Gasteiger partial charge in [-0.1, -0.05) is 34.1 Å². The van der Waals surface area contributed by atoms with Crippen molar-refractivity contribution in [2.45, 2.75) is 13.8 Å². The lowest BCUT2D eigenvalue weighted by Crippen LogP contribution is -2.32. The van der Waals surface area contributed by atoms with Gasteiger partial charge >= 0.3 is 0 Å². The Bertz CT molecular complexity index is 1150. The van der Waals surface area contributed by atoms with Crippen molar-refractivity contribution in [3.8, 4) is 5.69 Å². The first-order valence-electron chi connectivity index (χ1n) is 9.05. The van der Waals surface area contributed by atoms with Crippen LogP contribution in [0.1, 0.15) is 22.6 Å². The van der Waals surface area contributed by atoms with Crippen molar-refractivity contribution in [1.82, 2.24) is 4.57 Å². The fourth-order valence-corrected chi connectivity index (χ4v) is 4.04. The molecule has 0 aliphatic heterocycles. The van der Waals surface area contributed by atoms with E-state index in [0.29, 0.717) is 0 Å². The van der Waals surface area contributed by atoms with Crippen LogP contribution in [-0.4, -0.2) is 4.57 Å². The Morgan fingerprint density at radius 1 is 0.889 bits per heavy atom. The van der Waals surface area contributed by atoms with Gasteiger partial charge in [-0.15, -0.1) is 0 Å². The van der Waals surface area contributed by atoms with Crippen LogP contribution in [0.25, 0.3) is 28.7 Å². The number of aromatic nitrogens is 2. The molecule has 0 aliphatic rings. The van der Waals surface area contributed by atoms with Crippen LogP contribution in [0.2, 0.25) is 0 Å². The monoisotopic (exact) mass is 417 g/mol. The molecule has 0 N–H and O–H groups in total. The van der Waals surface area contributed by atoms with Crippen molar-refractivity contribution >= 4 is 39.0 Å². The van der Waals surface area contributed by atoms with E-state index in [9.17, 15) is 0 Å². The van der Waals surface area contributed by atoms with E-state index in [1.807, 2.05) is 0 Å². The molecule has 0 fully saturated rings. The van der Waals surface area contributed by atoms with E-state index < -0.39 is 0 Å². The highest BCUT2D eigenvalue weighted by molar-refractivity contribution is 9.10. The second kappa shape index (κ2) is 7.16. The maximum absolute atomic E-state index is 3.55. The van der Waals surface area contributed by atoms with Gasteiger partial charge < -0.3 is 4.57 Å². The van der Waals surface area contributed by atoms with Crippen LogP contribution in [0.15, 0.2) is 71.2 Å². The molecule has 2 heterocycles. The molecular weight excluding hydrogens is 396 g/mol. The fourth-order valence-electron chi connectivity index (χ4n) is 3.66. The van der Waals surface area contributed by atoms with Crippen LogP contribution < -0.4 is 4.57 Å². The SMILES string of the molecule is Cc1cc(/C=C/c2ccc3cc(Br)ccc3[n+]2C)c(C)n1-c1ccccc1. The maximum atomic E-state index is 3.55. The van der Waals surface area contributed by atoms with Crippen molar-refractivity contribution in [1.29, 1.82) is 0 Å². The third-order valence-electron chi connectivity index (χ3n) is 5.09. The summed E-state index contributed by atoms with van der Waals surface area (Å²) in [5, 5.41) is 1.23. The molecule has 2 aromatic heterocycles. The van der Waals surface area contributed by atoms with E-state index in [4.69, 9.17) is 0 Å². The zero-order chi connectivity index (χ0) is 19.0. The molecule has 2 nitrogen and oxygen atoms in total. The second-order valence-corrected chi connectivity index (χ2v) is 7.77. The minimum Gasteiger partial charge on any atom is -0.318 e. The molecule has 3 heteroatoms. The summed E-state index contributed by atoms with van der Waals surface area (Å²) >= 11 is 3.55. The Morgan fingerprint density at radius 3 is 2.44 bits per heavy atom. The molecule has 27 heavy (non-hydrogen) atoms. The molecule has 0 saturated carbocycles.